The number of aryl methyl sites for hydroxylation is 2. The molecule has 0 aliphatic carbocycles. The molecule has 1 amide bonds. The Morgan fingerprint density at radius 2 is 2.12 bits per heavy atom. The summed E-state index contributed by atoms with van der Waals surface area (Å²) in [5.74, 6) is 1.93. The van der Waals surface area contributed by atoms with Crippen LogP contribution in [0.2, 0.25) is 0 Å². The topological polar surface area (TPSA) is 65.2 Å². The van der Waals surface area contributed by atoms with Gasteiger partial charge in [-0.05, 0) is 43.0 Å². The zero-order valence-corrected chi connectivity index (χ0v) is 16.2. The van der Waals surface area contributed by atoms with Crippen molar-refractivity contribution >= 4 is 29.0 Å². The first-order valence-corrected chi connectivity index (χ1v) is 9.77. The Labute approximate surface area is 151 Å². The fourth-order valence-corrected chi connectivity index (χ4v) is 4.59. The molecule has 0 spiro atoms. The van der Waals surface area contributed by atoms with Gasteiger partial charge in [0.05, 0.1) is 18.7 Å². The second-order valence-corrected chi connectivity index (χ2v) is 8.43. The van der Waals surface area contributed by atoms with Gasteiger partial charge in [0.2, 0.25) is 5.91 Å². The van der Waals surface area contributed by atoms with Crippen molar-refractivity contribution in [2.24, 2.45) is 5.73 Å². The summed E-state index contributed by atoms with van der Waals surface area (Å²) in [6.45, 7) is 9.04. The lowest BCUT2D eigenvalue weighted by Gasteiger charge is -2.12. The molecule has 130 valence electrons. The van der Waals surface area contributed by atoms with Crippen molar-refractivity contribution in [1.82, 2.24) is 4.98 Å². The molecule has 1 aromatic heterocycles. The number of rotatable bonds is 8. The first-order valence-electron chi connectivity index (χ1n) is 7.97. The van der Waals surface area contributed by atoms with Crippen LogP contribution in [-0.4, -0.2) is 23.3 Å². The van der Waals surface area contributed by atoms with Crippen LogP contribution in [0, 0.1) is 13.8 Å². The van der Waals surface area contributed by atoms with Crippen molar-refractivity contribution < 1.29 is 9.53 Å². The SMILES string of the molecule is Cc1cc(OCCSc2nc(C)c(CC(N)=O)s2)ccc1C(C)C. The van der Waals surface area contributed by atoms with E-state index in [2.05, 4.69) is 37.9 Å². The first kappa shape index (κ1) is 18.8. The summed E-state index contributed by atoms with van der Waals surface area (Å²) in [5, 5.41) is 0. The maximum atomic E-state index is 11.0. The smallest absolute Gasteiger partial charge is 0.222 e. The number of thiazole rings is 1. The van der Waals surface area contributed by atoms with E-state index in [9.17, 15) is 4.79 Å². The van der Waals surface area contributed by atoms with Gasteiger partial charge in [0.1, 0.15) is 5.75 Å². The van der Waals surface area contributed by atoms with Crippen molar-refractivity contribution in [3.05, 3.63) is 39.9 Å². The van der Waals surface area contributed by atoms with Crippen LogP contribution < -0.4 is 10.5 Å². The van der Waals surface area contributed by atoms with Crippen LogP contribution in [0.5, 0.6) is 5.75 Å². The minimum absolute atomic E-state index is 0.266. The van der Waals surface area contributed by atoms with Gasteiger partial charge in [-0.1, -0.05) is 31.7 Å². The maximum Gasteiger partial charge on any atom is 0.222 e. The lowest BCUT2D eigenvalue weighted by Crippen LogP contribution is -2.13. The molecular formula is C18H24N2O2S2. The number of hydrogen-bond acceptors (Lipinski definition) is 5. The number of nitrogens with two attached hydrogens (primary N) is 1. The van der Waals surface area contributed by atoms with E-state index in [0.717, 1.165) is 26.4 Å². The van der Waals surface area contributed by atoms with Gasteiger partial charge in [-0.3, -0.25) is 4.79 Å². The average molecular weight is 365 g/mol. The normalized spacial score (nSPS) is 11.0. The third-order valence-corrected chi connectivity index (χ3v) is 5.91. The molecule has 2 N–H and O–H groups in total. The van der Waals surface area contributed by atoms with E-state index in [1.54, 1.807) is 11.8 Å². The molecule has 4 nitrogen and oxygen atoms in total. The minimum atomic E-state index is -0.318. The molecule has 0 saturated heterocycles. The molecule has 0 atom stereocenters. The largest absolute Gasteiger partial charge is 0.493 e. The predicted octanol–water partition coefficient (Wildman–Crippen LogP) is 4.08. The second-order valence-electron chi connectivity index (χ2n) is 6.00. The highest BCUT2D eigenvalue weighted by Crippen LogP contribution is 2.28. The maximum absolute atomic E-state index is 11.0. The van der Waals surface area contributed by atoms with Crippen LogP contribution >= 0.6 is 23.1 Å². The van der Waals surface area contributed by atoms with Crippen molar-refractivity contribution in [3.8, 4) is 5.75 Å². The van der Waals surface area contributed by atoms with E-state index in [4.69, 9.17) is 10.5 Å². The van der Waals surface area contributed by atoms with Gasteiger partial charge >= 0.3 is 0 Å². The van der Waals surface area contributed by atoms with E-state index >= 15 is 0 Å². The summed E-state index contributed by atoms with van der Waals surface area (Å²) >= 11 is 3.18. The molecule has 2 rings (SSSR count). The van der Waals surface area contributed by atoms with Crippen LogP contribution in [-0.2, 0) is 11.2 Å². The summed E-state index contributed by atoms with van der Waals surface area (Å²) in [7, 11) is 0. The Morgan fingerprint density at radius 3 is 2.75 bits per heavy atom. The van der Waals surface area contributed by atoms with E-state index < -0.39 is 0 Å². The fraction of sp³-hybridized carbons (Fsp3) is 0.444. The number of aromatic nitrogens is 1. The zero-order valence-electron chi connectivity index (χ0n) is 14.6. The number of hydrogen-bond donors (Lipinski definition) is 1. The number of carbonyl (C=O) groups excluding carboxylic acids is 1. The van der Waals surface area contributed by atoms with Gasteiger partial charge < -0.3 is 10.5 Å². The summed E-state index contributed by atoms with van der Waals surface area (Å²) in [4.78, 5) is 16.4. The van der Waals surface area contributed by atoms with Gasteiger partial charge in [-0.2, -0.15) is 0 Å². The highest BCUT2D eigenvalue weighted by Gasteiger charge is 2.10. The Hall–Kier alpha value is -1.53. The number of carbonyl (C=O) groups is 1. The van der Waals surface area contributed by atoms with E-state index in [-0.39, 0.29) is 12.3 Å². The Morgan fingerprint density at radius 1 is 1.38 bits per heavy atom. The second kappa shape index (κ2) is 8.53. The molecular weight excluding hydrogens is 340 g/mol. The number of ether oxygens (including phenoxy) is 1. The monoisotopic (exact) mass is 364 g/mol. The Balaban J connectivity index is 1.83. The molecule has 0 bridgehead atoms. The molecule has 2 aromatic rings. The van der Waals surface area contributed by atoms with Crippen LogP contribution in [0.4, 0.5) is 0 Å². The Kier molecular flexibility index (Phi) is 6.69. The van der Waals surface area contributed by atoms with Gasteiger partial charge in [0.15, 0.2) is 4.34 Å². The van der Waals surface area contributed by atoms with Crippen LogP contribution in [0.3, 0.4) is 0 Å². The standard InChI is InChI=1S/C18H24N2O2S2/c1-11(2)15-6-5-14(9-12(15)3)22-7-8-23-18-20-13(4)16(24-18)10-17(19)21/h5-6,9,11H,7-8,10H2,1-4H3,(H2,19,21). The molecule has 6 heteroatoms. The summed E-state index contributed by atoms with van der Waals surface area (Å²) in [6, 6.07) is 6.27. The van der Waals surface area contributed by atoms with Gasteiger partial charge in [-0.15, -0.1) is 11.3 Å². The molecule has 0 aliphatic heterocycles. The number of benzene rings is 1. The lowest BCUT2D eigenvalue weighted by atomic mass is 9.98. The molecule has 0 unspecified atom stereocenters. The predicted molar refractivity (Wildman–Crippen MR) is 101 cm³/mol. The number of amides is 1. The molecule has 0 aliphatic rings. The quantitative estimate of drug-likeness (QED) is 0.566. The van der Waals surface area contributed by atoms with Gasteiger partial charge in [0, 0.05) is 10.6 Å². The average Bonchev–Trinajstić information content (AvgIpc) is 2.83. The molecule has 0 saturated carbocycles. The molecule has 0 fully saturated rings. The van der Waals surface area contributed by atoms with Gasteiger partial charge in [-0.25, -0.2) is 4.98 Å². The minimum Gasteiger partial charge on any atom is -0.493 e. The molecule has 24 heavy (non-hydrogen) atoms. The Bertz CT molecular complexity index is 711. The van der Waals surface area contributed by atoms with E-state index in [0.29, 0.717) is 12.5 Å². The van der Waals surface area contributed by atoms with Crippen molar-refractivity contribution in [1.29, 1.82) is 0 Å². The third kappa shape index (κ3) is 5.24. The highest BCUT2D eigenvalue weighted by atomic mass is 32.2. The zero-order chi connectivity index (χ0) is 17.7. The molecule has 1 aromatic carbocycles. The van der Waals surface area contributed by atoms with Crippen molar-refractivity contribution in [2.45, 2.75) is 44.4 Å². The fourth-order valence-electron chi connectivity index (χ4n) is 2.46. The van der Waals surface area contributed by atoms with Crippen LogP contribution in [0.1, 0.15) is 41.5 Å². The summed E-state index contributed by atoms with van der Waals surface area (Å²) < 4.78 is 6.78. The number of primary amides is 1. The van der Waals surface area contributed by atoms with Crippen LogP contribution in [0.15, 0.2) is 22.5 Å². The number of nitrogens with zero attached hydrogens (tertiary/aromatic N) is 1. The summed E-state index contributed by atoms with van der Waals surface area (Å²) in [6.07, 6.45) is 0.266. The van der Waals surface area contributed by atoms with E-state index in [1.807, 2.05) is 13.0 Å². The van der Waals surface area contributed by atoms with Crippen LogP contribution in [0.25, 0.3) is 0 Å². The highest BCUT2D eigenvalue weighted by molar-refractivity contribution is 8.01. The summed E-state index contributed by atoms with van der Waals surface area (Å²) in [5.41, 5.74) is 8.76. The van der Waals surface area contributed by atoms with Gasteiger partial charge in [0.25, 0.3) is 0 Å². The van der Waals surface area contributed by atoms with E-state index in [1.165, 1.54) is 22.5 Å². The number of thioether (sulfide) groups is 1. The third-order valence-electron chi connectivity index (χ3n) is 3.65. The lowest BCUT2D eigenvalue weighted by molar-refractivity contribution is -0.117. The molecule has 0 radical (unpaired) electrons. The van der Waals surface area contributed by atoms with Crippen molar-refractivity contribution in [3.63, 3.8) is 0 Å². The molecule has 1 heterocycles. The van der Waals surface area contributed by atoms with Crippen molar-refractivity contribution in [2.75, 3.05) is 12.4 Å². The first-order chi connectivity index (χ1) is 11.4.